The summed E-state index contributed by atoms with van der Waals surface area (Å²) < 4.78 is 13.2. The van der Waals surface area contributed by atoms with Crippen molar-refractivity contribution in [3.8, 4) is 11.3 Å². The standard InChI is InChI=1S/C18H25FN4/c1-6-13(3)23(5)18-20-16(12-17(21-18)22(4)7-2)14-8-10-15(19)11-9-14/h8-13H,6-7H2,1-5H3. The Morgan fingerprint density at radius 3 is 2.30 bits per heavy atom. The third-order valence-corrected chi connectivity index (χ3v) is 4.27. The first-order valence-corrected chi connectivity index (χ1v) is 8.05. The summed E-state index contributed by atoms with van der Waals surface area (Å²) >= 11 is 0. The van der Waals surface area contributed by atoms with E-state index in [1.165, 1.54) is 12.1 Å². The summed E-state index contributed by atoms with van der Waals surface area (Å²) in [5.41, 5.74) is 1.69. The summed E-state index contributed by atoms with van der Waals surface area (Å²) in [6.07, 6.45) is 1.01. The van der Waals surface area contributed by atoms with E-state index in [0.717, 1.165) is 30.0 Å². The molecule has 0 fully saturated rings. The molecule has 0 aliphatic heterocycles. The Balaban J connectivity index is 2.51. The highest BCUT2D eigenvalue weighted by Crippen LogP contribution is 2.25. The smallest absolute Gasteiger partial charge is 0.227 e. The van der Waals surface area contributed by atoms with E-state index < -0.39 is 0 Å². The minimum Gasteiger partial charge on any atom is -0.360 e. The van der Waals surface area contributed by atoms with Gasteiger partial charge in [-0.15, -0.1) is 0 Å². The molecule has 1 heterocycles. The molecule has 1 unspecified atom stereocenters. The predicted molar refractivity (Wildman–Crippen MR) is 94.5 cm³/mol. The Kier molecular flexibility index (Phi) is 5.53. The van der Waals surface area contributed by atoms with Gasteiger partial charge in [-0.1, -0.05) is 6.92 Å². The average Bonchev–Trinajstić information content (AvgIpc) is 2.59. The summed E-state index contributed by atoms with van der Waals surface area (Å²) in [5.74, 6) is 1.31. The molecule has 5 heteroatoms. The van der Waals surface area contributed by atoms with Gasteiger partial charge in [0.15, 0.2) is 0 Å². The van der Waals surface area contributed by atoms with Crippen LogP contribution in [0.1, 0.15) is 27.2 Å². The molecule has 1 atom stereocenters. The number of hydrogen-bond donors (Lipinski definition) is 0. The van der Waals surface area contributed by atoms with Crippen molar-refractivity contribution in [1.82, 2.24) is 9.97 Å². The Bertz CT molecular complexity index is 642. The molecule has 1 aromatic carbocycles. The highest BCUT2D eigenvalue weighted by atomic mass is 19.1. The van der Waals surface area contributed by atoms with Gasteiger partial charge in [0.2, 0.25) is 5.95 Å². The van der Waals surface area contributed by atoms with Crippen molar-refractivity contribution in [2.24, 2.45) is 0 Å². The molecule has 0 radical (unpaired) electrons. The lowest BCUT2D eigenvalue weighted by Gasteiger charge is -2.26. The number of aromatic nitrogens is 2. The van der Waals surface area contributed by atoms with Crippen LogP contribution < -0.4 is 9.80 Å². The van der Waals surface area contributed by atoms with Gasteiger partial charge in [0.1, 0.15) is 11.6 Å². The Labute approximate surface area is 138 Å². The molecule has 0 amide bonds. The monoisotopic (exact) mass is 316 g/mol. The molecule has 0 spiro atoms. The number of hydrogen-bond acceptors (Lipinski definition) is 4. The number of nitrogens with zero attached hydrogens (tertiary/aromatic N) is 4. The zero-order valence-corrected chi connectivity index (χ0v) is 14.5. The molecule has 0 saturated carbocycles. The number of halogens is 1. The van der Waals surface area contributed by atoms with Gasteiger partial charge in [0.05, 0.1) is 5.69 Å². The molecule has 0 bridgehead atoms. The fourth-order valence-electron chi connectivity index (χ4n) is 2.18. The lowest BCUT2D eigenvalue weighted by Crippen LogP contribution is -2.30. The second kappa shape index (κ2) is 7.40. The molecule has 0 saturated heterocycles. The lowest BCUT2D eigenvalue weighted by atomic mass is 10.1. The van der Waals surface area contributed by atoms with E-state index in [4.69, 9.17) is 0 Å². The highest BCUT2D eigenvalue weighted by Gasteiger charge is 2.15. The highest BCUT2D eigenvalue weighted by molar-refractivity contribution is 5.65. The molecule has 0 aliphatic carbocycles. The second-order valence-electron chi connectivity index (χ2n) is 5.80. The normalized spacial score (nSPS) is 12.1. The fourth-order valence-corrected chi connectivity index (χ4v) is 2.18. The number of benzene rings is 1. The zero-order chi connectivity index (χ0) is 17.0. The molecule has 124 valence electrons. The summed E-state index contributed by atoms with van der Waals surface area (Å²) in [4.78, 5) is 13.5. The van der Waals surface area contributed by atoms with Gasteiger partial charge in [-0.05, 0) is 44.5 Å². The fraction of sp³-hybridized carbons (Fsp3) is 0.444. The maximum atomic E-state index is 13.2. The quantitative estimate of drug-likeness (QED) is 0.807. The second-order valence-corrected chi connectivity index (χ2v) is 5.80. The van der Waals surface area contributed by atoms with Crippen LogP contribution in [0, 0.1) is 5.82 Å². The van der Waals surface area contributed by atoms with Gasteiger partial charge < -0.3 is 9.80 Å². The maximum Gasteiger partial charge on any atom is 0.227 e. The molecule has 0 aliphatic rings. The third kappa shape index (κ3) is 3.97. The predicted octanol–water partition coefficient (Wildman–Crippen LogP) is 3.97. The van der Waals surface area contributed by atoms with Crippen LogP contribution in [-0.4, -0.2) is 36.6 Å². The zero-order valence-electron chi connectivity index (χ0n) is 14.5. The van der Waals surface area contributed by atoms with Gasteiger partial charge >= 0.3 is 0 Å². The lowest BCUT2D eigenvalue weighted by molar-refractivity contribution is 0.628. The number of rotatable bonds is 6. The third-order valence-electron chi connectivity index (χ3n) is 4.27. The van der Waals surface area contributed by atoms with Crippen molar-refractivity contribution < 1.29 is 4.39 Å². The van der Waals surface area contributed by atoms with Crippen LogP contribution in [0.25, 0.3) is 11.3 Å². The average molecular weight is 316 g/mol. The van der Waals surface area contributed by atoms with E-state index in [9.17, 15) is 4.39 Å². The molecule has 23 heavy (non-hydrogen) atoms. The van der Waals surface area contributed by atoms with Crippen LogP contribution in [0.2, 0.25) is 0 Å². The first kappa shape index (κ1) is 17.2. The topological polar surface area (TPSA) is 32.3 Å². The van der Waals surface area contributed by atoms with Crippen molar-refractivity contribution in [2.75, 3.05) is 30.4 Å². The SMILES string of the molecule is CCC(C)N(C)c1nc(-c2ccc(F)cc2)cc(N(C)CC)n1. The minimum absolute atomic E-state index is 0.245. The van der Waals surface area contributed by atoms with E-state index in [1.54, 1.807) is 12.1 Å². The van der Waals surface area contributed by atoms with Crippen LogP contribution in [0.4, 0.5) is 16.2 Å². The van der Waals surface area contributed by atoms with Crippen molar-refractivity contribution >= 4 is 11.8 Å². The first-order valence-electron chi connectivity index (χ1n) is 8.05. The van der Waals surface area contributed by atoms with Crippen LogP contribution in [-0.2, 0) is 0 Å². The van der Waals surface area contributed by atoms with Gasteiger partial charge in [-0.25, -0.2) is 9.37 Å². The van der Waals surface area contributed by atoms with Gasteiger partial charge in [-0.2, -0.15) is 4.98 Å². The summed E-state index contributed by atoms with van der Waals surface area (Å²) in [6, 6.07) is 8.71. The van der Waals surface area contributed by atoms with Gasteiger partial charge in [-0.3, -0.25) is 0 Å². The van der Waals surface area contributed by atoms with E-state index in [2.05, 4.69) is 40.5 Å². The molecular formula is C18H25FN4. The molecular weight excluding hydrogens is 291 g/mol. The van der Waals surface area contributed by atoms with E-state index >= 15 is 0 Å². The summed E-state index contributed by atoms with van der Waals surface area (Å²) in [6.45, 7) is 7.23. The van der Waals surface area contributed by atoms with E-state index in [1.807, 2.05) is 20.2 Å². The van der Waals surface area contributed by atoms with Crippen molar-refractivity contribution in [3.05, 3.63) is 36.1 Å². The van der Waals surface area contributed by atoms with Crippen molar-refractivity contribution in [2.45, 2.75) is 33.2 Å². The van der Waals surface area contributed by atoms with Crippen molar-refractivity contribution in [1.29, 1.82) is 0 Å². The molecule has 1 aromatic heterocycles. The Morgan fingerprint density at radius 2 is 1.74 bits per heavy atom. The van der Waals surface area contributed by atoms with E-state index in [-0.39, 0.29) is 5.82 Å². The maximum absolute atomic E-state index is 13.2. The molecule has 4 nitrogen and oxygen atoms in total. The van der Waals surface area contributed by atoms with Crippen molar-refractivity contribution in [3.63, 3.8) is 0 Å². The molecule has 0 N–H and O–H groups in total. The summed E-state index contributed by atoms with van der Waals surface area (Å²) in [5, 5.41) is 0. The minimum atomic E-state index is -0.245. The first-order chi connectivity index (χ1) is 11.0. The number of anilines is 2. The van der Waals surface area contributed by atoms with Crippen LogP contribution in [0.5, 0.6) is 0 Å². The van der Waals surface area contributed by atoms with E-state index in [0.29, 0.717) is 12.0 Å². The van der Waals surface area contributed by atoms with Crippen LogP contribution in [0.3, 0.4) is 0 Å². The Morgan fingerprint density at radius 1 is 1.09 bits per heavy atom. The Hall–Kier alpha value is -2.17. The largest absolute Gasteiger partial charge is 0.360 e. The van der Waals surface area contributed by atoms with Gasteiger partial charge in [0, 0.05) is 38.3 Å². The molecule has 2 rings (SSSR count). The molecule has 2 aromatic rings. The van der Waals surface area contributed by atoms with Crippen LogP contribution in [0.15, 0.2) is 30.3 Å². The summed E-state index contributed by atoms with van der Waals surface area (Å²) in [7, 11) is 4.01. The van der Waals surface area contributed by atoms with Crippen LogP contribution >= 0.6 is 0 Å². The van der Waals surface area contributed by atoms with Gasteiger partial charge in [0.25, 0.3) is 0 Å².